The molecule has 0 saturated carbocycles. The molecule has 1 heterocycles. The third-order valence-electron chi connectivity index (χ3n) is 3.76. The molecule has 20 heavy (non-hydrogen) atoms. The first-order valence-corrected chi connectivity index (χ1v) is 7.59. The number of aliphatic hydroxyl groups is 1. The van der Waals surface area contributed by atoms with E-state index in [1.807, 2.05) is 34.6 Å². The third kappa shape index (κ3) is 5.51. The number of aliphatic hydroxyl groups excluding tert-OH is 1. The van der Waals surface area contributed by atoms with Crippen LogP contribution in [-0.2, 0) is 14.3 Å². The van der Waals surface area contributed by atoms with Crippen molar-refractivity contribution < 1.29 is 19.4 Å². The highest BCUT2D eigenvalue weighted by atomic mass is 16.7. The Labute approximate surface area is 122 Å². The molecule has 1 aliphatic heterocycles. The summed E-state index contributed by atoms with van der Waals surface area (Å²) < 4.78 is 11.6. The summed E-state index contributed by atoms with van der Waals surface area (Å²) in [5.74, 6) is -0.572. The van der Waals surface area contributed by atoms with E-state index in [0.717, 1.165) is 12.8 Å². The minimum absolute atomic E-state index is 0.0602. The van der Waals surface area contributed by atoms with Crippen molar-refractivity contribution in [3.63, 3.8) is 0 Å². The summed E-state index contributed by atoms with van der Waals surface area (Å²) in [5, 5.41) is 10.0. The van der Waals surface area contributed by atoms with E-state index in [0.29, 0.717) is 6.42 Å². The summed E-state index contributed by atoms with van der Waals surface area (Å²) >= 11 is 0. The summed E-state index contributed by atoms with van der Waals surface area (Å²) in [6.07, 6.45) is 1.65. The van der Waals surface area contributed by atoms with Crippen molar-refractivity contribution in [2.24, 2.45) is 5.41 Å². The fourth-order valence-corrected chi connectivity index (χ4v) is 2.45. The van der Waals surface area contributed by atoms with Gasteiger partial charge in [0.15, 0.2) is 5.79 Å². The van der Waals surface area contributed by atoms with E-state index >= 15 is 0 Å². The summed E-state index contributed by atoms with van der Waals surface area (Å²) in [6.45, 7) is 11.7. The normalized spacial score (nSPS) is 28.1. The Hall–Kier alpha value is -0.450. The highest BCUT2D eigenvalue weighted by Gasteiger charge is 2.36. The zero-order valence-electron chi connectivity index (χ0n) is 13.7. The van der Waals surface area contributed by atoms with Gasteiger partial charge in [-0.05, 0) is 25.7 Å². The molecule has 0 aliphatic carbocycles. The summed E-state index contributed by atoms with van der Waals surface area (Å²) in [4.78, 5) is 12.1. The number of ketones is 1. The Balaban J connectivity index is 2.53. The Morgan fingerprint density at radius 2 is 1.85 bits per heavy atom. The topological polar surface area (TPSA) is 55.8 Å². The largest absolute Gasteiger partial charge is 0.392 e. The second-order valence-corrected chi connectivity index (χ2v) is 7.35. The Morgan fingerprint density at radius 3 is 2.35 bits per heavy atom. The minimum Gasteiger partial charge on any atom is -0.392 e. The van der Waals surface area contributed by atoms with Crippen molar-refractivity contribution in [3.05, 3.63) is 0 Å². The third-order valence-corrected chi connectivity index (χ3v) is 3.76. The molecule has 0 aromatic rings. The molecule has 1 N–H and O–H groups in total. The summed E-state index contributed by atoms with van der Waals surface area (Å²) in [6, 6.07) is 0. The van der Waals surface area contributed by atoms with Crippen molar-refractivity contribution in [1.29, 1.82) is 0 Å². The lowest BCUT2D eigenvalue weighted by molar-refractivity contribution is -0.299. The number of rotatable bonds is 5. The van der Waals surface area contributed by atoms with Crippen molar-refractivity contribution in [2.75, 3.05) is 0 Å². The molecule has 3 atom stereocenters. The average Bonchev–Trinajstić information content (AvgIpc) is 2.24. The molecule has 0 unspecified atom stereocenters. The SMILES string of the molecule is CC[C@@H]1C[C@H](CC(=O)C[C@H](O)C(C)(C)C)OC(C)(C)O1. The molecule has 0 amide bonds. The van der Waals surface area contributed by atoms with Crippen LogP contribution in [0.3, 0.4) is 0 Å². The average molecular weight is 286 g/mol. The van der Waals surface area contributed by atoms with Gasteiger partial charge in [-0.1, -0.05) is 27.7 Å². The first-order chi connectivity index (χ1) is 9.03. The van der Waals surface area contributed by atoms with Gasteiger partial charge in [0.05, 0.1) is 18.3 Å². The molecule has 1 aliphatic rings. The second kappa shape index (κ2) is 6.54. The van der Waals surface area contributed by atoms with E-state index in [9.17, 15) is 9.90 Å². The zero-order chi connectivity index (χ0) is 15.6. The first kappa shape index (κ1) is 17.6. The highest BCUT2D eigenvalue weighted by Crippen LogP contribution is 2.30. The van der Waals surface area contributed by atoms with Crippen LogP contribution in [0.4, 0.5) is 0 Å². The molecule has 1 rings (SSSR count). The van der Waals surface area contributed by atoms with Crippen molar-refractivity contribution in [3.8, 4) is 0 Å². The predicted octanol–water partition coefficient (Wildman–Crippen LogP) is 3.06. The fraction of sp³-hybridized carbons (Fsp3) is 0.938. The van der Waals surface area contributed by atoms with E-state index < -0.39 is 11.9 Å². The molecule has 118 valence electrons. The van der Waals surface area contributed by atoms with Gasteiger partial charge in [0, 0.05) is 19.3 Å². The number of hydrogen-bond donors (Lipinski definition) is 1. The molecule has 0 aromatic heterocycles. The summed E-state index contributed by atoms with van der Waals surface area (Å²) in [7, 11) is 0. The van der Waals surface area contributed by atoms with E-state index in [-0.39, 0.29) is 29.8 Å². The van der Waals surface area contributed by atoms with Crippen molar-refractivity contribution in [2.45, 2.75) is 91.3 Å². The molecule has 1 fully saturated rings. The van der Waals surface area contributed by atoms with Crippen LogP contribution in [-0.4, -0.2) is 35.0 Å². The van der Waals surface area contributed by atoms with Gasteiger partial charge in [-0.15, -0.1) is 0 Å². The van der Waals surface area contributed by atoms with E-state index in [4.69, 9.17) is 9.47 Å². The molecule has 4 heteroatoms. The molecular formula is C16H30O4. The Kier molecular flexibility index (Phi) is 5.76. The lowest BCUT2D eigenvalue weighted by Gasteiger charge is -2.40. The molecule has 0 radical (unpaired) electrons. The van der Waals surface area contributed by atoms with Gasteiger partial charge in [-0.25, -0.2) is 0 Å². The molecule has 0 spiro atoms. The Morgan fingerprint density at radius 1 is 1.30 bits per heavy atom. The van der Waals surface area contributed by atoms with Gasteiger partial charge >= 0.3 is 0 Å². The van der Waals surface area contributed by atoms with Gasteiger partial charge in [0.25, 0.3) is 0 Å². The number of ether oxygens (including phenoxy) is 2. The van der Waals surface area contributed by atoms with Crippen LogP contribution in [0.25, 0.3) is 0 Å². The second-order valence-electron chi connectivity index (χ2n) is 7.35. The number of carbonyl (C=O) groups excluding carboxylic acids is 1. The number of hydrogen-bond acceptors (Lipinski definition) is 4. The maximum Gasteiger partial charge on any atom is 0.163 e. The monoisotopic (exact) mass is 286 g/mol. The Bertz CT molecular complexity index is 330. The van der Waals surface area contributed by atoms with Crippen LogP contribution < -0.4 is 0 Å². The highest BCUT2D eigenvalue weighted by molar-refractivity contribution is 5.79. The first-order valence-electron chi connectivity index (χ1n) is 7.59. The van der Waals surface area contributed by atoms with Crippen LogP contribution in [0.2, 0.25) is 0 Å². The maximum atomic E-state index is 12.1. The van der Waals surface area contributed by atoms with E-state index in [1.54, 1.807) is 0 Å². The lowest BCUT2D eigenvalue weighted by atomic mass is 9.85. The van der Waals surface area contributed by atoms with Crippen LogP contribution >= 0.6 is 0 Å². The molecule has 4 nitrogen and oxygen atoms in total. The van der Waals surface area contributed by atoms with Gasteiger partial charge in [-0.2, -0.15) is 0 Å². The molecule has 0 aromatic carbocycles. The molecule has 1 saturated heterocycles. The van der Waals surface area contributed by atoms with Gasteiger partial charge in [-0.3, -0.25) is 4.79 Å². The zero-order valence-corrected chi connectivity index (χ0v) is 13.7. The minimum atomic E-state index is -0.632. The standard InChI is InChI=1S/C16H30O4/c1-7-12-10-13(20-16(5,6)19-12)8-11(17)9-14(18)15(2,3)4/h12-14,18H,7-10H2,1-6H3/t12-,13+,14+/m1/s1. The maximum absolute atomic E-state index is 12.1. The van der Waals surface area contributed by atoms with Gasteiger partial charge in [0.2, 0.25) is 0 Å². The van der Waals surface area contributed by atoms with Gasteiger partial charge in [0.1, 0.15) is 5.78 Å². The van der Waals surface area contributed by atoms with Crippen molar-refractivity contribution in [1.82, 2.24) is 0 Å². The van der Waals surface area contributed by atoms with Crippen LogP contribution in [0.5, 0.6) is 0 Å². The fourth-order valence-electron chi connectivity index (χ4n) is 2.45. The van der Waals surface area contributed by atoms with E-state index in [1.165, 1.54) is 0 Å². The van der Waals surface area contributed by atoms with E-state index in [2.05, 4.69) is 6.92 Å². The smallest absolute Gasteiger partial charge is 0.163 e. The number of carbonyl (C=O) groups is 1. The predicted molar refractivity (Wildman–Crippen MR) is 78.4 cm³/mol. The van der Waals surface area contributed by atoms with Crippen LogP contribution in [0.1, 0.15) is 67.2 Å². The van der Waals surface area contributed by atoms with Crippen LogP contribution in [0.15, 0.2) is 0 Å². The van der Waals surface area contributed by atoms with Gasteiger partial charge < -0.3 is 14.6 Å². The molecular weight excluding hydrogens is 256 g/mol. The number of Topliss-reactive ketones (excluding diaryl/α,β-unsaturated/α-hetero) is 1. The van der Waals surface area contributed by atoms with Crippen molar-refractivity contribution >= 4 is 5.78 Å². The summed E-state index contributed by atoms with van der Waals surface area (Å²) in [5.41, 5.74) is -0.266. The van der Waals surface area contributed by atoms with Crippen LogP contribution in [0, 0.1) is 5.41 Å². The lowest BCUT2D eigenvalue weighted by Crippen LogP contribution is -2.45. The quantitative estimate of drug-likeness (QED) is 0.844. The molecule has 0 bridgehead atoms.